The highest BCUT2D eigenvalue weighted by Crippen LogP contribution is 2.29. The SMILES string of the molecule is CC1CN(C(=O)CCC2CCCC2)CCC1O. The fourth-order valence-corrected chi connectivity index (χ4v) is 3.14. The topological polar surface area (TPSA) is 40.5 Å². The minimum absolute atomic E-state index is 0.214. The molecule has 0 spiro atoms. The summed E-state index contributed by atoms with van der Waals surface area (Å²) in [6.45, 7) is 3.51. The Morgan fingerprint density at radius 3 is 2.65 bits per heavy atom. The zero-order chi connectivity index (χ0) is 12.3. The Hall–Kier alpha value is -0.570. The van der Waals surface area contributed by atoms with Crippen LogP contribution < -0.4 is 0 Å². The van der Waals surface area contributed by atoms with E-state index in [4.69, 9.17) is 0 Å². The van der Waals surface area contributed by atoms with Crippen LogP contribution in [0.1, 0.15) is 51.9 Å². The van der Waals surface area contributed by atoms with Crippen molar-refractivity contribution >= 4 is 5.91 Å². The van der Waals surface area contributed by atoms with Crippen LogP contribution in [0.2, 0.25) is 0 Å². The maximum atomic E-state index is 12.1. The first-order chi connectivity index (χ1) is 8.16. The number of carbonyl (C=O) groups is 1. The molecule has 1 aliphatic heterocycles. The van der Waals surface area contributed by atoms with Gasteiger partial charge in [0, 0.05) is 19.5 Å². The van der Waals surface area contributed by atoms with Crippen molar-refractivity contribution in [2.24, 2.45) is 11.8 Å². The maximum absolute atomic E-state index is 12.1. The number of hydrogen-bond donors (Lipinski definition) is 1. The van der Waals surface area contributed by atoms with Gasteiger partial charge in [0.05, 0.1) is 6.10 Å². The van der Waals surface area contributed by atoms with Crippen molar-refractivity contribution in [3.05, 3.63) is 0 Å². The van der Waals surface area contributed by atoms with E-state index in [2.05, 4.69) is 0 Å². The van der Waals surface area contributed by atoms with Gasteiger partial charge in [-0.1, -0.05) is 32.6 Å². The normalized spacial score (nSPS) is 30.8. The summed E-state index contributed by atoms with van der Waals surface area (Å²) >= 11 is 0. The monoisotopic (exact) mass is 239 g/mol. The Balaban J connectivity index is 1.72. The number of likely N-dealkylation sites (tertiary alicyclic amines) is 1. The lowest BCUT2D eigenvalue weighted by atomic mass is 9.95. The third-order valence-corrected chi connectivity index (χ3v) is 4.45. The minimum atomic E-state index is -0.214. The molecule has 1 saturated carbocycles. The van der Waals surface area contributed by atoms with Crippen molar-refractivity contribution in [3.8, 4) is 0 Å². The zero-order valence-electron chi connectivity index (χ0n) is 10.9. The smallest absolute Gasteiger partial charge is 0.222 e. The van der Waals surface area contributed by atoms with Gasteiger partial charge in [-0.05, 0) is 24.7 Å². The van der Waals surface area contributed by atoms with Crippen LogP contribution in [0.15, 0.2) is 0 Å². The number of nitrogens with zero attached hydrogens (tertiary/aromatic N) is 1. The van der Waals surface area contributed by atoms with E-state index in [9.17, 15) is 9.90 Å². The van der Waals surface area contributed by atoms with E-state index in [1.165, 1.54) is 25.7 Å². The molecule has 0 aromatic rings. The van der Waals surface area contributed by atoms with Crippen LogP contribution in [-0.4, -0.2) is 35.1 Å². The molecule has 2 aliphatic rings. The molecule has 1 aliphatic carbocycles. The first kappa shape index (κ1) is 12.9. The van der Waals surface area contributed by atoms with E-state index >= 15 is 0 Å². The molecule has 1 N–H and O–H groups in total. The first-order valence-electron chi connectivity index (χ1n) is 7.12. The number of carbonyl (C=O) groups excluding carboxylic acids is 1. The molecule has 2 unspecified atom stereocenters. The average Bonchev–Trinajstić information content (AvgIpc) is 2.82. The molecule has 17 heavy (non-hydrogen) atoms. The van der Waals surface area contributed by atoms with Gasteiger partial charge in [-0.2, -0.15) is 0 Å². The second kappa shape index (κ2) is 5.85. The Kier molecular flexibility index (Phi) is 4.43. The molecule has 1 saturated heterocycles. The predicted molar refractivity (Wildman–Crippen MR) is 67.6 cm³/mol. The third kappa shape index (κ3) is 3.44. The highest BCUT2D eigenvalue weighted by Gasteiger charge is 2.27. The highest BCUT2D eigenvalue weighted by atomic mass is 16.3. The number of rotatable bonds is 3. The van der Waals surface area contributed by atoms with Crippen LogP contribution >= 0.6 is 0 Å². The standard InChI is InChI=1S/C14H25NO2/c1-11-10-15(9-8-13(11)16)14(17)7-6-12-4-2-3-5-12/h11-13,16H,2-10H2,1H3. The molecule has 0 radical (unpaired) electrons. The zero-order valence-corrected chi connectivity index (χ0v) is 10.9. The van der Waals surface area contributed by atoms with E-state index in [0.29, 0.717) is 12.3 Å². The van der Waals surface area contributed by atoms with E-state index in [0.717, 1.165) is 31.8 Å². The molecule has 0 aromatic heterocycles. The van der Waals surface area contributed by atoms with Crippen molar-refractivity contribution in [1.29, 1.82) is 0 Å². The lowest BCUT2D eigenvalue weighted by Gasteiger charge is -2.34. The van der Waals surface area contributed by atoms with Gasteiger partial charge in [0.2, 0.25) is 5.91 Å². The molecule has 98 valence electrons. The number of aliphatic hydroxyl groups is 1. The van der Waals surface area contributed by atoms with Crippen LogP contribution in [0.5, 0.6) is 0 Å². The fourth-order valence-electron chi connectivity index (χ4n) is 3.14. The maximum Gasteiger partial charge on any atom is 0.222 e. The minimum Gasteiger partial charge on any atom is -0.393 e. The quantitative estimate of drug-likeness (QED) is 0.820. The van der Waals surface area contributed by atoms with Crippen molar-refractivity contribution in [2.45, 2.75) is 58.0 Å². The molecule has 1 heterocycles. The largest absolute Gasteiger partial charge is 0.393 e. The lowest BCUT2D eigenvalue weighted by molar-refractivity contribution is -0.135. The summed E-state index contributed by atoms with van der Waals surface area (Å²) < 4.78 is 0. The fraction of sp³-hybridized carbons (Fsp3) is 0.929. The molecule has 3 heteroatoms. The summed E-state index contributed by atoms with van der Waals surface area (Å²) in [5.41, 5.74) is 0. The van der Waals surface area contributed by atoms with Crippen molar-refractivity contribution in [1.82, 2.24) is 4.90 Å². The summed E-state index contributed by atoms with van der Waals surface area (Å²) in [6, 6.07) is 0. The molecule has 2 rings (SSSR count). The molecule has 1 amide bonds. The summed E-state index contributed by atoms with van der Waals surface area (Å²) in [4.78, 5) is 14.0. The molecule has 0 bridgehead atoms. The Labute approximate surface area is 104 Å². The molecular weight excluding hydrogens is 214 g/mol. The van der Waals surface area contributed by atoms with Crippen LogP contribution in [-0.2, 0) is 4.79 Å². The molecular formula is C14H25NO2. The van der Waals surface area contributed by atoms with Gasteiger partial charge < -0.3 is 10.0 Å². The summed E-state index contributed by atoms with van der Waals surface area (Å²) in [5, 5.41) is 9.64. The van der Waals surface area contributed by atoms with Gasteiger partial charge in [0.1, 0.15) is 0 Å². The van der Waals surface area contributed by atoms with Crippen LogP contribution in [0, 0.1) is 11.8 Å². The summed E-state index contributed by atoms with van der Waals surface area (Å²) in [5.74, 6) is 1.33. The third-order valence-electron chi connectivity index (χ3n) is 4.45. The van der Waals surface area contributed by atoms with Crippen molar-refractivity contribution < 1.29 is 9.90 Å². The van der Waals surface area contributed by atoms with E-state index < -0.39 is 0 Å². The molecule has 0 aromatic carbocycles. The van der Waals surface area contributed by atoms with Gasteiger partial charge in [-0.15, -0.1) is 0 Å². The van der Waals surface area contributed by atoms with Gasteiger partial charge in [0.25, 0.3) is 0 Å². The molecule has 2 fully saturated rings. The Morgan fingerprint density at radius 2 is 2.00 bits per heavy atom. The second-order valence-electron chi connectivity index (χ2n) is 5.86. The number of amides is 1. The Morgan fingerprint density at radius 1 is 1.29 bits per heavy atom. The Bertz CT molecular complexity index is 261. The van der Waals surface area contributed by atoms with E-state index in [-0.39, 0.29) is 12.0 Å². The molecule has 2 atom stereocenters. The van der Waals surface area contributed by atoms with Gasteiger partial charge in [-0.25, -0.2) is 0 Å². The van der Waals surface area contributed by atoms with E-state index in [1.807, 2.05) is 11.8 Å². The summed E-state index contributed by atoms with van der Waals surface area (Å²) in [7, 11) is 0. The highest BCUT2D eigenvalue weighted by molar-refractivity contribution is 5.76. The number of piperidine rings is 1. The molecule has 3 nitrogen and oxygen atoms in total. The van der Waals surface area contributed by atoms with Crippen molar-refractivity contribution in [2.75, 3.05) is 13.1 Å². The van der Waals surface area contributed by atoms with Crippen molar-refractivity contribution in [3.63, 3.8) is 0 Å². The van der Waals surface area contributed by atoms with E-state index in [1.54, 1.807) is 0 Å². The van der Waals surface area contributed by atoms with Gasteiger partial charge in [0.15, 0.2) is 0 Å². The predicted octanol–water partition coefficient (Wildman–Crippen LogP) is 2.19. The number of aliphatic hydroxyl groups excluding tert-OH is 1. The van der Waals surface area contributed by atoms with Crippen LogP contribution in [0.3, 0.4) is 0 Å². The van der Waals surface area contributed by atoms with Crippen LogP contribution in [0.4, 0.5) is 0 Å². The first-order valence-corrected chi connectivity index (χ1v) is 7.12. The van der Waals surface area contributed by atoms with Gasteiger partial charge >= 0.3 is 0 Å². The number of hydrogen-bond acceptors (Lipinski definition) is 2. The lowest BCUT2D eigenvalue weighted by Crippen LogP contribution is -2.44. The summed E-state index contributed by atoms with van der Waals surface area (Å²) in [6.07, 6.45) is 7.67. The van der Waals surface area contributed by atoms with Gasteiger partial charge in [-0.3, -0.25) is 4.79 Å². The van der Waals surface area contributed by atoms with Crippen LogP contribution in [0.25, 0.3) is 0 Å². The average molecular weight is 239 g/mol. The second-order valence-corrected chi connectivity index (χ2v) is 5.86.